The number of anilines is 1. The molecule has 1 aromatic heterocycles. The maximum Gasteiger partial charge on any atom is 0.254 e. The Labute approximate surface area is 161 Å². The number of hydrogen-bond acceptors (Lipinski definition) is 4. The number of nitrogens with zero attached hydrogens (tertiary/aromatic N) is 4. The highest BCUT2D eigenvalue weighted by Crippen LogP contribution is 2.41. The second-order valence-electron chi connectivity index (χ2n) is 8.85. The fourth-order valence-electron chi connectivity index (χ4n) is 4.58. The SMILES string of the molecule is CN(C)C(=O)c1ccc(N2CCCC3(CCC(=O)N(CC4CC4)C3)C2)nc1. The number of aromatic nitrogens is 1. The van der Waals surface area contributed by atoms with E-state index in [-0.39, 0.29) is 11.3 Å². The first kappa shape index (κ1) is 18.3. The lowest BCUT2D eigenvalue weighted by atomic mass is 9.73. The Morgan fingerprint density at radius 3 is 2.74 bits per heavy atom. The van der Waals surface area contributed by atoms with E-state index in [1.54, 1.807) is 25.2 Å². The molecule has 3 fully saturated rings. The molecule has 1 atom stereocenters. The normalized spacial score (nSPS) is 25.8. The summed E-state index contributed by atoms with van der Waals surface area (Å²) in [6.45, 7) is 3.80. The number of amides is 2. The number of carbonyl (C=O) groups excluding carboxylic acids is 2. The third-order valence-corrected chi connectivity index (χ3v) is 6.31. The summed E-state index contributed by atoms with van der Waals surface area (Å²) in [5.41, 5.74) is 0.815. The summed E-state index contributed by atoms with van der Waals surface area (Å²) in [7, 11) is 3.50. The van der Waals surface area contributed by atoms with E-state index in [1.807, 2.05) is 12.1 Å². The van der Waals surface area contributed by atoms with Crippen molar-refractivity contribution in [1.29, 1.82) is 0 Å². The minimum atomic E-state index is -0.0225. The molecule has 3 heterocycles. The third kappa shape index (κ3) is 3.94. The van der Waals surface area contributed by atoms with E-state index in [9.17, 15) is 9.59 Å². The molecule has 2 saturated heterocycles. The van der Waals surface area contributed by atoms with Gasteiger partial charge in [-0.1, -0.05) is 0 Å². The molecular formula is C21H30N4O2. The monoisotopic (exact) mass is 370 g/mol. The summed E-state index contributed by atoms with van der Waals surface area (Å²) >= 11 is 0. The molecule has 1 spiro atoms. The molecule has 1 saturated carbocycles. The van der Waals surface area contributed by atoms with Gasteiger partial charge in [-0.3, -0.25) is 9.59 Å². The number of rotatable bonds is 4. The van der Waals surface area contributed by atoms with E-state index in [4.69, 9.17) is 0 Å². The van der Waals surface area contributed by atoms with Crippen molar-refractivity contribution in [2.75, 3.05) is 45.2 Å². The van der Waals surface area contributed by atoms with Crippen LogP contribution < -0.4 is 4.90 Å². The van der Waals surface area contributed by atoms with Gasteiger partial charge in [0.25, 0.3) is 5.91 Å². The average molecular weight is 370 g/mol. The molecule has 4 rings (SSSR count). The van der Waals surface area contributed by atoms with Crippen molar-refractivity contribution in [3.63, 3.8) is 0 Å². The summed E-state index contributed by atoms with van der Waals surface area (Å²) in [5, 5.41) is 0. The van der Waals surface area contributed by atoms with E-state index >= 15 is 0 Å². The average Bonchev–Trinajstić information content (AvgIpc) is 3.49. The maximum atomic E-state index is 12.4. The first-order chi connectivity index (χ1) is 13.0. The maximum absolute atomic E-state index is 12.4. The van der Waals surface area contributed by atoms with Crippen molar-refractivity contribution < 1.29 is 9.59 Å². The highest BCUT2D eigenvalue weighted by molar-refractivity contribution is 5.93. The Morgan fingerprint density at radius 2 is 2.07 bits per heavy atom. The zero-order valence-corrected chi connectivity index (χ0v) is 16.5. The molecular weight excluding hydrogens is 340 g/mol. The van der Waals surface area contributed by atoms with Gasteiger partial charge in [-0.15, -0.1) is 0 Å². The molecule has 3 aliphatic rings. The molecule has 1 unspecified atom stereocenters. The van der Waals surface area contributed by atoms with E-state index in [0.29, 0.717) is 17.9 Å². The quantitative estimate of drug-likeness (QED) is 0.817. The topological polar surface area (TPSA) is 56.8 Å². The van der Waals surface area contributed by atoms with Gasteiger partial charge >= 0.3 is 0 Å². The van der Waals surface area contributed by atoms with Crippen LogP contribution in [0.5, 0.6) is 0 Å². The zero-order chi connectivity index (χ0) is 19.0. The molecule has 0 radical (unpaired) electrons. The highest BCUT2D eigenvalue weighted by atomic mass is 16.2. The van der Waals surface area contributed by atoms with E-state index in [2.05, 4.69) is 14.8 Å². The third-order valence-electron chi connectivity index (χ3n) is 6.31. The summed E-state index contributed by atoms with van der Waals surface area (Å²) in [4.78, 5) is 35.0. The lowest BCUT2D eigenvalue weighted by Gasteiger charge is -2.48. The van der Waals surface area contributed by atoms with Crippen molar-refractivity contribution in [3.05, 3.63) is 23.9 Å². The fourth-order valence-corrected chi connectivity index (χ4v) is 4.58. The second-order valence-corrected chi connectivity index (χ2v) is 8.85. The van der Waals surface area contributed by atoms with Crippen LogP contribution in [0.4, 0.5) is 5.82 Å². The number of piperidine rings is 2. The summed E-state index contributed by atoms with van der Waals surface area (Å²) in [6, 6.07) is 3.83. The first-order valence-corrected chi connectivity index (χ1v) is 10.2. The molecule has 27 heavy (non-hydrogen) atoms. The van der Waals surface area contributed by atoms with Crippen molar-refractivity contribution in [3.8, 4) is 0 Å². The largest absolute Gasteiger partial charge is 0.356 e. The van der Waals surface area contributed by atoms with E-state index < -0.39 is 0 Å². The minimum absolute atomic E-state index is 0.0225. The van der Waals surface area contributed by atoms with Crippen LogP contribution >= 0.6 is 0 Å². The number of hydrogen-bond donors (Lipinski definition) is 0. The molecule has 1 aromatic rings. The smallest absolute Gasteiger partial charge is 0.254 e. The molecule has 1 aliphatic carbocycles. The summed E-state index contributed by atoms with van der Waals surface area (Å²) < 4.78 is 0. The Bertz CT molecular complexity index is 713. The van der Waals surface area contributed by atoms with Gasteiger partial charge in [0.05, 0.1) is 5.56 Å². The molecule has 0 N–H and O–H groups in total. The summed E-state index contributed by atoms with van der Waals surface area (Å²) in [6.07, 6.45) is 8.24. The van der Waals surface area contributed by atoms with Gasteiger partial charge in [0.1, 0.15) is 5.82 Å². The van der Waals surface area contributed by atoms with Crippen LogP contribution in [0.3, 0.4) is 0 Å². The van der Waals surface area contributed by atoms with Crippen LogP contribution in [-0.2, 0) is 4.79 Å². The molecule has 6 heteroatoms. The number of carbonyl (C=O) groups is 2. The fraction of sp³-hybridized carbons (Fsp3) is 0.667. The zero-order valence-electron chi connectivity index (χ0n) is 16.5. The highest BCUT2D eigenvalue weighted by Gasteiger charge is 2.43. The van der Waals surface area contributed by atoms with Gasteiger partial charge < -0.3 is 14.7 Å². The second kappa shape index (κ2) is 7.13. The first-order valence-electron chi connectivity index (χ1n) is 10.2. The Kier molecular flexibility index (Phi) is 4.82. The van der Waals surface area contributed by atoms with Gasteiger partial charge in [0.15, 0.2) is 0 Å². The van der Waals surface area contributed by atoms with Crippen LogP contribution in [-0.4, -0.2) is 66.9 Å². The molecule has 0 bridgehead atoms. The molecule has 2 amide bonds. The van der Waals surface area contributed by atoms with Gasteiger partial charge in [-0.05, 0) is 50.2 Å². The molecule has 0 aromatic carbocycles. The van der Waals surface area contributed by atoms with Crippen LogP contribution in [0.2, 0.25) is 0 Å². The molecule has 2 aliphatic heterocycles. The Balaban J connectivity index is 1.45. The van der Waals surface area contributed by atoms with Gasteiger partial charge in [-0.2, -0.15) is 0 Å². The van der Waals surface area contributed by atoms with Crippen molar-refractivity contribution >= 4 is 17.6 Å². The lowest BCUT2D eigenvalue weighted by Crippen LogP contribution is -2.54. The van der Waals surface area contributed by atoms with Crippen LogP contribution in [0, 0.1) is 11.3 Å². The standard InChI is InChI=1S/C21H30N4O2/c1-23(2)20(27)17-6-7-18(22-12-17)24-11-3-9-21(14-24)10-8-19(26)25(15-21)13-16-4-5-16/h6-7,12,16H,3-5,8-11,13-15H2,1-2H3. The Hall–Kier alpha value is -2.11. The van der Waals surface area contributed by atoms with Gasteiger partial charge in [0.2, 0.25) is 5.91 Å². The number of likely N-dealkylation sites (tertiary alicyclic amines) is 1. The van der Waals surface area contributed by atoms with E-state index in [1.165, 1.54) is 19.3 Å². The van der Waals surface area contributed by atoms with E-state index in [0.717, 1.165) is 50.8 Å². The Morgan fingerprint density at radius 1 is 1.26 bits per heavy atom. The van der Waals surface area contributed by atoms with Gasteiger partial charge in [0, 0.05) is 58.3 Å². The molecule has 6 nitrogen and oxygen atoms in total. The van der Waals surface area contributed by atoms with Gasteiger partial charge in [-0.25, -0.2) is 4.98 Å². The minimum Gasteiger partial charge on any atom is -0.356 e. The number of pyridine rings is 1. The van der Waals surface area contributed by atoms with Crippen molar-refractivity contribution in [1.82, 2.24) is 14.8 Å². The van der Waals surface area contributed by atoms with Crippen LogP contribution in [0.1, 0.15) is 48.9 Å². The summed E-state index contributed by atoms with van der Waals surface area (Å²) in [5.74, 6) is 2.00. The predicted molar refractivity (Wildman–Crippen MR) is 105 cm³/mol. The lowest BCUT2D eigenvalue weighted by molar-refractivity contribution is -0.138. The predicted octanol–water partition coefficient (Wildman–Crippen LogP) is 2.40. The molecule has 146 valence electrons. The van der Waals surface area contributed by atoms with Crippen molar-refractivity contribution in [2.45, 2.75) is 38.5 Å². The van der Waals surface area contributed by atoms with Crippen LogP contribution in [0.15, 0.2) is 18.3 Å². The van der Waals surface area contributed by atoms with Crippen LogP contribution in [0.25, 0.3) is 0 Å². The van der Waals surface area contributed by atoms with Crippen molar-refractivity contribution in [2.24, 2.45) is 11.3 Å².